The molecular weight excluding hydrogens is 735 g/mol. The molecular formula is C46H95N5O7. The van der Waals surface area contributed by atoms with Gasteiger partial charge in [0.2, 0.25) is 11.8 Å². The fourth-order valence-corrected chi connectivity index (χ4v) is 7.58. The maximum Gasteiger partial charge on any atom is 0.221 e. The summed E-state index contributed by atoms with van der Waals surface area (Å²) in [6.07, 6.45) is 24.4. The molecule has 0 radical (unpaired) electrons. The predicted octanol–water partition coefficient (Wildman–Crippen LogP) is 6.00. The Bertz CT molecular complexity index is 881. The third-order valence-corrected chi connectivity index (χ3v) is 11.2. The first kappa shape index (κ1) is 56.6. The highest BCUT2D eigenvalue weighted by Gasteiger charge is 2.17. The van der Waals surface area contributed by atoms with Crippen molar-refractivity contribution in [2.24, 2.45) is 0 Å². The number of nitrogens with one attached hydrogen (secondary N) is 2. The molecule has 0 aromatic carbocycles. The molecule has 0 aromatic heterocycles. The first-order valence-corrected chi connectivity index (χ1v) is 24.1. The van der Waals surface area contributed by atoms with Crippen molar-refractivity contribution in [2.45, 2.75) is 200 Å². The number of rotatable bonds is 45. The van der Waals surface area contributed by atoms with Crippen LogP contribution < -0.4 is 10.6 Å². The van der Waals surface area contributed by atoms with Crippen molar-refractivity contribution >= 4 is 11.8 Å². The molecule has 0 bridgehead atoms. The second kappa shape index (κ2) is 42.3. The Morgan fingerprint density at radius 3 is 1.12 bits per heavy atom. The van der Waals surface area contributed by atoms with Crippen molar-refractivity contribution in [3.05, 3.63) is 0 Å². The summed E-state index contributed by atoms with van der Waals surface area (Å²) in [6, 6.07) is 0. The zero-order valence-corrected chi connectivity index (χ0v) is 38.0. The molecule has 0 rings (SSSR count). The van der Waals surface area contributed by atoms with Crippen molar-refractivity contribution in [1.82, 2.24) is 25.3 Å². The molecule has 58 heavy (non-hydrogen) atoms. The first-order valence-electron chi connectivity index (χ1n) is 24.1. The van der Waals surface area contributed by atoms with Gasteiger partial charge in [0.05, 0.1) is 31.5 Å². The molecule has 0 heterocycles. The zero-order valence-electron chi connectivity index (χ0n) is 38.0. The molecule has 3 unspecified atom stereocenters. The van der Waals surface area contributed by atoms with Crippen LogP contribution in [-0.4, -0.2) is 156 Å². The van der Waals surface area contributed by atoms with Gasteiger partial charge in [0.25, 0.3) is 0 Å². The van der Waals surface area contributed by atoms with Crippen LogP contribution in [0.25, 0.3) is 0 Å². The first-order chi connectivity index (χ1) is 28.2. The van der Waals surface area contributed by atoms with Crippen LogP contribution in [0, 0.1) is 0 Å². The van der Waals surface area contributed by atoms with E-state index in [1.165, 1.54) is 77.0 Å². The van der Waals surface area contributed by atoms with E-state index in [0.717, 1.165) is 64.2 Å². The standard InChI is InChI=1S/C46H95N5O7/c1-4-7-10-13-16-19-24-42(54)39-50(36-38-53)31-22-29-47-45(57)27-33-49(35-37-52)34-28-46(58)48-30-23-32-51(40-43(55)25-20-17-14-11-8-5-2)41-44(56)26-21-18-15-12-9-6-3/h42-44,52-56H,4-41H2,1-3H3,(H,47,57)(H,48,58). The van der Waals surface area contributed by atoms with Gasteiger partial charge in [0, 0.05) is 84.8 Å². The van der Waals surface area contributed by atoms with E-state index in [-0.39, 0.29) is 37.9 Å². The molecule has 0 aliphatic carbocycles. The zero-order chi connectivity index (χ0) is 42.9. The second-order valence-electron chi connectivity index (χ2n) is 16.9. The van der Waals surface area contributed by atoms with Gasteiger partial charge in [0.1, 0.15) is 0 Å². The van der Waals surface area contributed by atoms with Crippen LogP contribution in [0.3, 0.4) is 0 Å². The summed E-state index contributed by atoms with van der Waals surface area (Å²) in [5.41, 5.74) is 0. The Morgan fingerprint density at radius 1 is 0.414 bits per heavy atom. The normalized spacial score (nSPS) is 13.4. The van der Waals surface area contributed by atoms with Crippen molar-refractivity contribution in [1.29, 1.82) is 0 Å². The number of unbranched alkanes of at least 4 members (excludes halogenated alkanes) is 15. The van der Waals surface area contributed by atoms with Crippen LogP contribution in [0.4, 0.5) is 0 Å². The van der Waals surface area contributed by atoms with Crippen LogP contribution in [0.2, 0.25) is 0 Å². The highest BCUT2D eigenvalue weighted by atomic mass is 16.3. The molecule has 2 amide bonds. The van der Waals surface area contributed by atoms with Crippen LogP contribution in [0.5, 0.6) is 0 Å². The summed E-state index contributed by atoms with van der Waals surface area (Å²) < 4.78 is 0. The van der Waals surface area contributed by atoms with Crippen molar-refractivity contribution < 1.29 is 35.1 Å². The summed E-state index contributed by atoms with van der Waals surface area (Å²) in [5.74, 6) is -0.155. The van der Waals surface area contributed by atoms with Crippen LogP contribution in [-0.2, 0) is 9.59 Å². The number of aliphatic hydroxyl groups is 5. The molecule has 0 aliphatic rings. The van der Waals surface area contributed by atoms with E-state index in [2.05, 4.69) is 41.2 Å². The third kappa shape index (κ3) is 37.6. The van der Waals surface area contributed by atoms with Gasteiger partial charge in [-0.05, 0) is 32.1 Å². The molecule has 0 fully saturated rings. The van der Waals surface area contributed by atoms with Crippen LogP contribution in [0.1, 0.15) is 181 Å². The van der Waals surface area contributed by atoms with Gasteiger partial charge in [-0.15, -0.1) is 0 Å². The molecule has 0 aromatic rings. The van der Waals surface area contributed by atoms with Crippen LogP contribution >= 0.6 is 0 Å². The quantitative estimate of drug-likeness (QED) is 0.0362. The topological polar surface area (TPSA) is 169 Å². The lowest BCUT2D eigenvalue weighted by molar-refractivity contribution is -0.121. The second-order valence-corrected chi connectivity index (χ2v) is 16.9. The van der Waals surface area contributed by atoms with E-state index in [0.29, 0.717) is 78.4 Å². The maximum absolute atomic E-state index is 12.7. The minimum Gasteiger partial charge on any atom is -0.395 e. The van der Waals surface area contributed by atoms with E-state index in [1.807, 2.05) is 4.90 Å². The van der Waals surface area contributed by atoms with E-state index in [4.69, 9.17) is 0 Å². The lowest BCUT2D eigenvalue weighted by Gasteiger charge is -2.27. The van der Waals surface area contributed by atoms with Gasteiger partial charge >= 0.3 is 0 Å². The fraction of sp³-hybridized carbons (Fsp3) is 0.957. The predicted molar refractivity (Wildman–Crippen MR) is 240 cm³/mol. The Balaban J connectivity index is 4.56. The summed E-state index contributed by atoms with van der Waals surface area (Å²) in [7, 11) is 0. The van der Waals surface area contributed by atoms with Crippen molar-refractivity contribution in [3.63, 3.8) is 0 Å². The number of hydrogen-bond donors (Lipinski definition) is 7. The van der Waals surface area contributed by atoms with E-state index < -0.39 is 18.3 Å². The number of nitrogens with zero attached hydrogens (tertiary/aromatic N) is 3. The number of carbonyl (C=O) groups excluding carboxylic acids is 2. The molecule has 0 spiro atoms. The van der Waals surface area contributed by atoms with Crippen molar-refractivity contribution in [3.8, 4) is 0 Å². The van der Waals surface area contributed by atoms with E-state index in [1.54, 1.807) is 0 Å². The molecule has 7 N–H and O–H groups in total. The largest absolute Gasteiger partial charge is 0.395 e. The minimum atomic E-state index is -0.423. The average molecular weight is 830 g/mol. The minimum absolute atomic E-state index is 0.0300. The molecule has 0 aliphatic heterocycles. The number of hydrogen-bond acceptors (Lipinski definition) is 10. The molecule has 0 saturated heterocycles. The van der Waals surface area contributed by atoms with Gasteiger partial charge in [-0.2, -0.15) is 0 Å². The molecule has 346 valence electrons. The van der Waals surface area contributed by atoms with E-state index in [9.17, 15) is 35.1 Å². The summed E-state index contributed by atoms with van der Waals surface area (Å²) in [5, 5.41) is 57.2. The highest BCUT2D eigenvalue weighted by Crippen LogP contribution is 2.13. The Labute approximate surface area is 356 Å². The molecule has 0 saturated carbocycles. The number of amides is 2. The van der Waals surface area contributed by atoms with Gasteiger partial charge in [-0.25, -0.2) is 0 Å². The van der Waals surface area contributed by atoms with Gasteiger partial charge in [-0.1, -0.05) is 136 Å². The lowest BCUT2D eigenvalue weighted by Crippen LogP contribution is -2.40. The van der Waals surface area contributed by atoms with Gasteiger partial charge in [0.15, 0.2) is 0 Å². The lowest BCUT2D eigenvalue weighted by atomic mass is 10.1. The number of carbonyl (C=O) groups is 2. The molecule has 3 atom stereocenters. The SMILES string of the molecule is CCCCCCCCC(O)CN(CCO)CCCNC(=O)CCN(CCO)CCC(=O)NCCCN(CC(O)CCCCCCCC)CC(O)CCCCCCCC. The Hall–Kier alpha value is -1.38. The Morgan fingerprint density at radius 2 is 0.741 bits per heavy atom. The van der Waals surface area contributed by atoms with Crippen molar-refractivity contribution in [2.75, 3.05) is 85.2 Å². The number of aliphatic hydroxyl groups excluding tert-OH is 5. The third-order valence-electron chi connectivity index (χ3n) is 11.2. The Kier molecular flexibility index (Phi) is 41.3. The molecule has 12 heteroatoms. The summed E-state index contributed by atoms with van der Waals surface area (Å²) >= 11 is 0. The molecule has 12 nitrogen and oxygen atoms in total. The van der Waals surface area contributed by atoms with E-state index >= 15 is 0 Å². The smallest absolute Gasteiger partial charge is 0.221 e. The van der Waals surface area contributed by atoms with Gasteiger partial charge in [-0.3, -0.25) is 19.4 Å². The van der Waals surface area contributed by atoms with Crippen LogP contribution in [0.15, 0.2) is 0 Å². The average Bonchev–Trinajstić information content (AvgIpc) is 3.20. The maximum atomic E-state index is 12.7. The monoisotopic (exact) mass is 830 g/mol. The fourth-order valence-electron chi connectivity index (χ4n) is 7.58. The van der Waals surface area contributed by atoms with Gasteiger partial charge < -0.3 is 41.1 Å². The highest BCUT2D eigenvalue weighted by molar-refractivity contribution is 5.76. The summed E-state index contributed by atoms with van der Waals surface area (Å²) in [4.78, 5) is 31.5. The summed E-state index contributed by atoms with van der Waals surface area (Å²) in [6.45, 7) is 12.4.